The Labute approximate surface area is 109 Å². The van der Waals surface area contributed by atoms with Crippen molar-refractivity contribution in [2.45, 2.75) is 32.9 Å². The summed E-state index contributed by atoms with van der Waals surface area (Å²) in [7, 11) is 1.60. The highest BCUT2D eigenvalue weighted by Gasteiger charge is 2.10. The van der Waals surface area contributed by atoms with Gasteiger partial charge in [0.05, 0.1) is 13.7 Å². The maximum absolute atomic E-state index is 9.74. The van der Waals surface area contributed by atoms with Crippen LogP contribution in [0.3, 0.4) is 0 Å². The third-order valence-electron chi connectivity index (χ3n) is 2.84. The average Bonchev–Trinajstić information content (AvgIpc) is 2.35. The van der Waals surface area contributed by atoms with Gasteiger partial charge in [-0.15, -0.1) is 0 Å². The van der Waals surface area contributed by atoms with Crippen molar-refractivity contribution in [1.82, 2.24) is 5.32 Å². The summed E-state index contributed by atoms with van der Waals surface area (Å²) < 4.78 is 5.12. The van der Waals surface area contributed by atoms with Crippen molar-refractivity contribution in [3.8, 4) is 11.5 Å². The molecule has 0 aliphatic heterocycles. The number of ether oxygens (including phenoxy) is 1. The highest BCUT2D eigenvalue weighted by molar-refractivity contribution is 5.39. The predicted octanol–water partition coefficient (Wildman–Crippen LogP) is 1.90. The highest BCUT2D eigenvalue weighted by atomic mass is 16.5. The minimum atomic E-state index is 0.0515. The van der Waals surface area contributed by atoms with Gasteiger partial charge in [-0.2, -0.15) is 0 Å². The van der Waals surface area contributed by atoms with Crippen LogP contribution in [0.4, 0.5) is 0 Å². The van der Waals surface area contributed by atoms with Gasteiger partial charge >= 0.3 is 0 Å². The summed E-state index contributed by atoms with van der Waals surface area (Å²) in [5.74, 6) is 1.48. The minimum absolute atomic E-state index is 0.0515. The van der Waals surface area contributed by atoms with Crippen molar-refractivity contribution in [2.75, 3.05) is 13.7 Å². The fourth-order valence-corrected chi connectivity index (χ4v) is 1.88. The Bertz CT molecular complexity index is 366. The first kappa shape index (κ1) is 14.8. The topological polar surface area (TPSA) is 61.7 Å². The monoisotopic (exact) mass is 253 g/mol. The number of nitrogens with one attached hydrogen (secondary N) is 1. The normalized spacial score (nSPS) is 12.7. The van der Waals surface area contributed by atoms with Crippen LogP contribution in [0, 0.1) is 5.92 Å². The van der Waals surface area contributed by atoms with Gasteiger partial charge in [-0.1, -0.05) is 13.8 Å². The van der Waals surface area contributed by atoms with Gasteiger partial charge in [-0.3, -0.25) is 0 Å². The summed E-state index contributed by atoms with van der Waals surface area (Å²) in [6.45, 7) is 4.85. The molecule has 0 fully saturated rings. The summed E-state index contributed by atoms with van der Waals surface area (Å²) in [5.41, 5.74) is 0.775. The van der Waals surface area contributed by atoms with Gasteiger partial charge in [0, 0.05) is 18.2 Å². The van der Waals surface area contributed by atoms with E-state index in [9.17, 15) is 10.2 Å². The molecule has 1 atom stereocenters. The number of aliphatic hydroxyl groups is 1. The number of hydrogen-bond donors (Lipinski definition) is 3. The first-order chi connectivity index (χ1) is 8.56. The molecule has 0 bridgehead atoms. The van der Waals surface area contributed by atoms with Crippen molar-refractivity contribution in [1.29, 1.82) is 0 Å². The van der Waals surface area contributed by atoms with Gasteiger partial charge in [0.15, 0.2) is 0 Å². The number of methoxy groups -OCH3 is 1. The van der Waals surface area contributed by atoms with E-state index in [-0.39, 0.29) is 18.4 Å². The van der Waals surface area contributed by atoms with Crippen molar-refractivity contribution in [3.05, 3.63) is 23.8 Å². The van der Waals surface area contributed by atoms with Crippen molar-refractivity contribution < 1.29 is 14.9 Å². The van der Waals surface area contributed by atoms with E-state index in [1.54, 1.807) is 25.3 Å². The number of rotatable bonds is 7. The zero-order valence-corrected chi connectivity index (χ0v) is 11.3. The lowest BCUT2D eigenvalue weighted by Gasteiger charge is -2.18. The van der Waals surface area contributed by atoms with Gasteiger partial charge < -0.3 is 20.3 Å². The van der Waals surface area contributed by atoms with Gasteiger partial charge in [0.2, 0.25) is 0 Å². The summed E-state index contributed by atoms with van der Waals surface area (Å²) in [6, 6.07) is 5.19. The number of aromatic hydroxyl groups is 1. The molecule has 0 spiro atoms. The van der Waals surface area contributed by atoms with Gasteiger partial charge in [-0.05, 0) is 30.5 Å². The maximum atomic E-state index is 9.74. The lowest BCUT2D eigenvalue weighted by Crippen LogP contribution is -2.33. The second-order valence-corrected chi connectivity index (χ2v) is 4.88. The van der Waals surface area contributed by atoms with Crippen LogP contribution in [0.5, 0.6) is 11.5 Å². The van der Waals surface area contributed by atoms with Crippen LogP contribution in [0.25, 0.3) is 0 Å². The zero-order chi connectivity index (χ0) is 13.5. The Balaban J connectivity index is 2.61. The predicted molar refractivity (Wildman–Crippen MR) is 71.8 cm³/mol. The third kappa shape index (κ3) is 4.55. The van der Waals surface area contributed by atoms with Crippen LogP contribution in [-0.4, -0.2) is 30.0 Å². The first-order valence-corrected chi connectivity index (χ1v) is 6.27. The summed E-state index contributed by atoms with van der Waals surface area (Å²) >= 11 is 0. The molecule has 0 amide bonds. The molecule has 4 heteroatoms. The second kappa shape index (κ2) is 7.24. The lowest BCUT2D eigenvalue weighted by molar-refractivity contribution is 0.223. The van der Waals surface area contributed by atoms with Crippen LogP contribution < -0.4 is 10.1 Å². The minimum Gasteiger partial charge on any atom is -0.508 e. The fourth-order valence-electron chi connectivity index (χ4n) is 1.88. The SMILES string of the molecule is COc1ccc(O)c(CNC(CO)CC(C)C)c1. The molecule has 3 N–H and O–H groups in total. The Morgan fingerprint density at radius 1 is 1.33 bits per heavy atom. The molecule has 1 unspecified atom stereocenters. The summed E-state index contributed by atoms with van der Waals surface area (Å²) in [4.78, 5) is 0. The molecule has 0 aliphatic carbocycles. The van der Waals surface area contributed by atoms with Crippen LogP contribution in [0.1, 0.15) is 25.8 Å². The molecule has 0 radical (unpaired) electrons. The quantitative estimate of drug-likeness (QED) is 0.694. The second-order valence-electron chi connectivity index (χ2n) is 4.88. The van der Waals surface area contributed by atoms with Crippen LogP contribution >= 0.6 is 0 Å². The van der Waals surface area contributed by atoms with E-state index >= 15 is 0 Å². The van der Waals surface area contributed by atoms with Gasteiger partial charge in [-0.25, -0.2) is 0 Å². The molecule has 4 nitrogen and oxygen atoms in total. The van der Waals surface area contributed by atoms with Crippen LogP contribution in [0.2, 0.25) is 0 Å². The largest absolute Gasteiger partial charge is 0.508 e. The molecule has 102 valence electrons. The number of benzene rings is 1. The number of phenolic OH excluding ortho intramolecular Hbond substituents is 1. The zero-order valence-electron chi connectivity index (χ0n) is 11.3. The van der Waals surface area contributed by atoms with E-state index in [4.69, 9.17) is 4.74 Å². The first-order valence-electron chi connectivity index (χ1n) is 6.27. The van der Waals surface area contributed by atoms with E-state index in [1.807, 2.05) is 0 Å². The Kier molecular flexibility index (Phi) is 5.95. The molecule has 0 saturated heterocycles. The van der Waals surface area contributed by atoms with Crippen LogP contribution in [-0.2, 0) is 6.54 Å². The molecule has 0 aliphatic rings. The Morgan fingerprint density at radius 3 is 2.61 bits per heavy atom. The number of phenols is 1. The standard InChI is InChI=1S/C14H23NO3/c1-10(2)6-12(9-16)15-8-11-7-13(18-3)4-5-14(11)17/h4-5,7,10,12,15-17H,6,8-9H2,1-3H3. The molecule has 0 heterocycles. The van der Waals surface area contributed by atoms with Crippen molar-refractivity contribution >= 4 is 0 Å². The van der Waals surface area contributed by atoms with E-state index in [2.05, 4.69) is 19.2 Å². The Morgan fingerprint density at radius 2 is 2.06 bits per heavy atom. The third-order valence-corrected chi connectivity index (χ3v) is 2.84. The number of hydrogen-bond acceptors (Lipinski definition) is 4. The van der Waals surface area contributed by atoms with Crippen molar-refractivity contribution in [3.63, 3.8) is 0 Å². The van der Waals surface area contributed by atoms with E-state index in [0.29, 0.717) is 18.2 Å². The van der Waals surface area contributed by atoms with Gasteiger partial charge in [0.1, 0.15) is 11.5 Å². The van der Waals surface area contributed by atoms with Crippen LogP contribution in [0.15, 0.2) is 18.2 Å². The van der Waals surface area contributed by atoms with Gasteiger partial charge in [0.25, 0.3) is 0 Å². The molecule has 1 aromatic rings. The van der Waals surface area contributed by atoms with Crippen molar-refractivity contribution in [2.24, 2.45) is 5.92 Å². The smallest absolute Gasteiger partial charge is 0.120 e. The lowest BCUT2D eigenvalue weighted by atomic mass is 10.0. The van der Waals surface area contributed by atoms with E-state index in [1.165, 1.54) is 0 Å². The average molecular weight is 253 g/mol. The highest BCUT2D eigenvalue weighted by Crippen LogP contribution is 2.22. The number of aliphatic hydroxyl groups excluding tert-OH is 1. The molecule has 1 rings (SSSR count). The maximum Gasteiger partial charge on any atom is 0.120 e. The molecule has 0 aromatic heterocycles. The molecular weight excluding hydrogens is 230 g/mol. The van der Waals surface area contributed by atoms with E-state index in [0.717, 1.165) is 12.0 Å². The van der Waals surface area contributed by atoms with E-state index < -0.39 is 0 Å². The fraction of sp³-hybridized carbons (Fsp3) is 0.571. The molecule has 1 aromatic carbocycles. The summed E-state index contributed by atoms with van der Waals surface area (Å²) in [5, 5.41) is 22.3. The molecular formula is C14H23NO3. The summed E-state index contributed by atoms with van der Waals surface area (Å²) in [6.07, 6.45) is 0.904. The Hall–Kier alpha value is -1.26. The molecule has 0 saturated carbocycles. The molecule has 18 heavy (non-hydrogen) atoms.